The van der Waals surface area contributed by atoms with Gasteiger partial charge in [0.2, 0.25) is 0 Å². The first-order valence-electron chi connectivity index (χ1n) is 6.92. The number of aromatic nitrogens is 2. The molecule has 0 radical (unpaired) electrons. The molecule has 0 bridgehead atoms. The average Bonchev–Trinajstić information content (AvgIpc) is 3.00. The summed E-state index contributed by atoms with van der Waals surface area (Å²) in [5.41, 5.74) is 0.462. The molecule has 1 N–H and O–H groups in total. The normalized spacial score (nSPS) is 11.5. The first-order chi connectivity index (χ1) is 10.6. The molecule has 1 heterocycles. The molecule has 7 heteroatoms. The van der Waals surface area contributed by atoms with Crippen molar-refractivity contribution in [1.29, 1.82) is 0 Å². The van der Waals surface area contributed by atoms with Crippen molar-refractivity contribution >= 4 is 17.6 Å². The first-order valence-corrected chi connectivity index (χ1v) is 7.30. The quantitative estimate of drug-likeness (QED) is 0.679. The van der Waals surface area contributed by atoms with Crippen molar-refractivity contribution in [3.05, 3.63) is 53.3 Å². The lowest BCUT2D eigenvalue weighted by Crippen LogP contribution is -2.40. The lowest BCUT2D eigenvalue weighted by molar-refractivity contribution is 0.458. The summed E-state index contributed by atoms with van der Waals surface area (Å²) < 4.78 is 15.8. The number of benzene rings is 1. The topological polar surface area (TPSA) is 45.5 Å². The summed E-state index contributed by atoms with van der Waals surface area (Å²) in [6, 6.07) is 4.69. The maximum Gasteiger partial charge on any atom is 0.193 e. The smallest absolute Gasteiger partial charge is 0.193 e. The molecular formula is C15H19ClFN5. The van der Waals surface area contributed by atoms with Crippen LogP contribution in [-0.4, -0.2) is 41.1 Å². The maximum absolute atomic E-state index is 13.8. The molecule has 2 aromatic rings. The van der Waals surface area contributed by atoms with Gasteiger partial charge in [0.05, 0.1) is 6.33 Å². The highest BCUT2D eigenvalue weighted by Gasteiger charge is 2.12. The van der Waals surface area contributed by atoms with E-state index in [9.17, 15) is 4.39 Å². The van der Waals surface area contributed by atoms with Crippen LogP contribution in [0.2, 0.25) is 5.02 Å². The zero-order chi connectivity index (χ0) is 15.9. The van der Waals surface area contributed by atoms with Crippen LogP contribution >= 0.6 is 11.6 Å². The summed E-state index contributed by atoms with van der Waals surface area (Å²) in [5.74, 6) is 0.368. The summed E-state index contributed by atoms with van der Waals surface area (Å²) >= 11 is 6.06. The second kappa shape index (κ2) is 7.79. The minimum Gasteiger partial charge on any atom is -0.354 e. The largest absolute Gasteiger partial charge is 0.354 e. The van der Waals surface area contributed by atoms with E-state index in [1.165, 1.54) is 6.07 Å². The van der Waals surface area contributed by atoms with Crippen LogP contribution in [0.3, 0.4) is 0 Å². The van der Waals surface area contributed by atoms with E-state index < -0.39 is 0 Å². The number of hydrogen-bond donors (Lipinski definition) is 1. The zero-order valence-electron chi connectivity index (χ0n) is 12.6. The predicted octanol–water partition coefficient (Wildman–Crippen LogP) is 2.38. The summed E-state index contributed by atoms with van der Waals surface area (Å²) in [6.45, 7) is 1.81. The van der Waals surface area contributed by atoms with Gasteiger partial charge in [0.15, 0.2) is 5.96 Å². The molecule has 22 heavy (non-hydrogen) atoms. The zero-order valence-corrected chi connectivity index (χ0v) is 13.4. The highest BCUT2D eigenvalue weighted by atomic mass is 35.5. The summed E-state index contributed by atoms with van der Waals surface area (Å²) in [5, 5.41) is 3.65. The van der Waals surface area contributed by atoms with Crippen LogP contribution < -0.4 is 5.32 Å². The molecule has 1 aromatic carbocycles. The predicted molar refractivity (Wildman–Crippen MR) is 86.5 cm³/mol. The highest BCUT2D eigenvalue weighted by Crippen LogP contribution is 2.20. The highest BCUT2D eigenvalue weighted by molar-refractivity contribution is 6.31. The third-order valence-corrected chi connectivity index (χ3v) is 3.60. The number of aliphatic imine (C=N–C) groups is 1. The Hall–Kier alpha value is -2.08. The van der Waals surface area contributed by atoms with E-state index >= 15 is 0 Å². The Morgan fingerprint density at radius 3 is 2.95 bits per heavy atom. The molecule has 0 aliphatic carbocycles. The van der Waals surface area contributed by atoms with Crippen molar-refractivity contribution in [2.75, 3.05) is 20.6 Å². The fourth-order valence-electron chi connectivity index (χ4n) is 2.10. The van der Waals surface area contributed by atoms with E-state index in [0.29, 0.717) is 29.6 Å². The molecular weight excluding hydrogens is 305 g/mol. The van der Waals surface area contributed by atoms with Crippen molar-refractivity contribution in [2.24, 2.45) is 4.99 Å². The van der Waals surface area contributed by atoms with Gasteiger partial charge in [-0.3, -0.25) is 4.99 Å². The van der Waals surface area contributed by atoms with Gasteiger partial charge in [-0.25, -0.2) is 9.37 Å². The minimum atomic E-state index is -0.312. The standard InChI is InChI=1S/C15H19ClFN5/c1-18-15(20-7-9-22-8-6-19-11-22)21(2)10-12-13(16)4-3-5-14(12)17/h3-6,8,11H,7,9-10H2,1-2H3,(H,18,20). The van der Waals surface area contributed by atoms with Crippen LogP contribution in [0.25, 0.3) is 0 Å². The number of guanidine groups is 1. The molecule has 0 amide bonds. The Morgan fingerprint density at radius 1 is 1.50 bits per heavy atom. The molecule has 2 rings (SSSR count). The van der Waals surface area contributed by atoms with Crippen molar-refractivity contribution in [2.45, 2.75) is 13.1 Å². The lowest BCUT2D eigenvalue weighted by Gasteiger charge is -2.23. The Morgan fingerprint density at radius 2 is 2.32 bits per heavy atom. The van der Waals surface area contributed by atoms with E-state index in [1.54, 1.807) is 31.7 Å². The van der Waals surface area contributed by atoms with Gasteiger partial charge < -0.3 is 14.8 Å². The third-order valence-electron chi connectivity index (χ3n) is 3.24. The summed E-state index contributed by atoms with van der Waals surface area (Å²) in [6.07, 6.45) is 5.39. The van der Waals surface area contributed by atoms with Crippen LogP contribution in [0, 0.1) is 5.82 Å². The Bertz CT molecular complexity index is 607. The van der Waals surface area contributed by atoms with Gasteiger partial charge in [-0.05, 0) is 12.1 Å². The SMILES string of the molecule is CN=C(NCCn1ccnc1)N(C)Cc1c(F)cccc1Cl. The van der Waals surface area contributed by atoms with Gasteiger partial charge in [0, 0.05) is 56.7 Å². The van der Waals surface area contributed by atoms with Gasteiger partial charge in [0.25, 0.3) is 0 Å². The van der Waals surface area contributed by atoms with E-state index in [2.05, 4.69) is 15.3 Å². The van der Waals surface area contributed by atoms with Crippen molar-refractivity contribution in [3.63, 3.8) is 0 Å². The van der Waals surface area contributed by atoms with Gasteiger partial charge >= 0.3 is 0 Å². The van der Waals surface area contributed by atoms with Crippen molar-refractivity contribution in [3.8, 4) is 0 Å². The molecule has 0 atom stereocenters. The molecule has 0 saturated heterocycles. The van der Waals surface area contributed by atoms with Crippen LogP contribution in [0.4, 0.5) is 4.39 Å². The van der Waals surface area contributed by atoms with Crippen molar-refractivity contribution < 1.29 is 4.39 Å². The number of halogens is 2. The average molecular weight is 324 g/mol. The minimum absolute atomic E-state index is 0.312. The Labute approximate surface area is 134 Å². The van der Waals surface area contributed by atoms with Crippen molar-refractivity contribution in [1.82, 2.24) is 19.8 Å². The lowest BCUT2D eigenvalue weighted by atomic mass is 10.2. The van der Waals surface area contributed by atoms with E-state index in [0.717, 1.165) is 6.54 Å². The molecule has 0 aliphatic heterocycles. The molecule has 0 spiro atoms. The maximum atomic E-state index is 13.8. The third kappa shape index (κ3) is 4.21. The number of imidazole rings is 1. The Kier molecular flexibility index (Phi) is 5.77. The van der Waals surface area contributed by atoms with E-state index in [4.69, 9.17) is 11.6 Å². The monoisotopic (exact) mass is 323 g/mol. The number of nitrogens with zero attached hydrogens (tertiary/aromatic N) is 4. The summed E-state index contributed by atoms with van der Waals surface area (Å²) in [4.78, 5) is 10.0. The van der Waals surface area contributed by atoms with Gasteiger partial charge in [0.1, 0.15) is 5.82 Å². The molecule has 5 nitrogen and oxygen atoms in total. The molecule has 0 saturated carbocycles. The van der Waals surface area contributed by atoms with Crippen LogP contribution in [0.1, 0.15) is 5.56 Å². The molecule has 118 valence electrons. The summed E-state index contributed by atoms with van der Waals surface area (Å²) in [7, 11) is 3.54. The molecule has 0 fully saturated rings. The number of hydrogen-bond acceptors (Lipinski definition) is 2. The molecule has 0 unspecified atom stereocenters. The second-order valence-corrected chi connectivity index (χ2v) is 5.24. The van der Waals surface area contributed by atoms with E-state index in [1.807, 2.05) is 22.7 Å². The van der Waals surface area contributed by atoms with E-state index in [-0.39, 0.29) is 5.82 Å². The van der Waals surface area contributed by atoms with Gasteiger partial charge in [-0.15, -0.1) is 0 Å². The fourth-order valence-corrected chi connectivity index (χ4v) is 2.32. The fraction of sp³-hybridized carbons (Fsp3) is 0.333. The van der Waals surface area contributed by atoms with Gasteiger partial charge in [-0.2, -0.15) is 0 Å². The first kappa shape index (κ1) is 16.3. The van der Waals surface area contributed by atoms with Crippen LogP contribution in [-0.2, 0) is 13.1 Å². The molecule has 1 aromatic heterocycles. The molecule has 0 aliphatic rings. The number of rotatable bonds is 5. The second-order valence-electron chi connectivity index (χ2n) is 4.83. The van der Waals surface area contributed by atoms with Gasteiger partial charge in [-0.1, -0.05) is 17.7 Å². The van der Waals surface area contributed by atoms with Crippen LogP contribution in [0.15, 0.2) is 41.9 Å². The Balaban J connectivity index is 1.93. The van der Waals surface area contributed by atoms with Crippen LogP contribution in [0.5, 0.6) is 0 Å². The number of nitrogens with one attached hydrogen (secondary N) is 1.